The van der Waals surface area contributed by atoms with Gasteiger partial charge in [0.25, 0.3) is 0 Å². The number of rotatable bonds is 8. The second-order valence-corrected chi connectivity index (χ2v) is 8.27. The monoisotopic (exact) mass is 430 g/mol. The molecular formula is C26H30N4O2. The van der Waals surface area contributed by atoms with Gasteiger partial charge in [0.2, 0.25) is 11.8 Å². The van der Waals surface area contributed by atoms with Crippen LogP contribution in [0, 0.1) is 6.92 Å². The molecule has 0 aliphatic carbocycles. The SMILES string of the molecule is Cc1nn(-c2ccccc2)cc1CCCNC(=O)C(c1ccccc1)N1CCCCC1=O. The molecule has 2 amide bonds. The molecule has 0 radical (unpaired) electrons. The molecule has 0 spiro atoms. The lowest BCUT2D eigenvalue weighted by Gasteiger charge is -2.34. The van der Waals surface area contributed by atoms with Gasteiger partial charge < -0.3 is 10.2 Å². The summed E-state index contributed by atoms with van der Waals surface area (Å²) in [7, 11) is 0. The van der Waals surface area contributed by atoms with Crippen LogP contribution in [0.2, 0.25) is 0 Å². The molecule has 1 atom stereocenters. The van der Waals surface area contributed by atoms with E-state index in [0.29, 0.717) is 19.5 Å². The maximum atomic E-state index is 13.1. The van der Waals surface area contributed by atoms with Crippen molar-refractivity contribution >= 4 is 11.8 Å². The molecule has 1 aliphatic rings. The highest BCUT2D eigenvalue weighted by Gasteiger charge is 2.32. The standard InChI is InChI=1S/C26H30N4O2/c1-20-22(19-30(28-20)23-14-6-3-7-15-23)13-10-17-27-26(32)25(21-11-4-2-5-12-21)29-18-9-8-16-24(29)31/h2-7,11-12,14-15,19,25H,8-10,13,16-18H2,1H3,(H,27,32). The Balaban J connectivity index is 1.37. The topological polar surface area (TPSA) is 67.2 Å². The van der Waals surface area contributed by atoms with Crippen LogP contribution in [0.25, 0.3) is 5.69 Å². The van der Waals surface area contributed by atoms with Crippen LogP contribution in [0.1, 0.15) is 48.5 Å². The van der Waals surface area contributed by atoms with Crippen molar-refractivity contribution in [3.05, 3.63) is 83.7 Å². The molecule has 4 rings (SSSR count). The highest BCUT2D eigenvalue weighted by atomic mass is 16.2. The van der Waals surface area contributed by atoms with Gasteiger partial charge in [-0.15, -0.1) is 0 Å². The fraction of sp³-hybridized carbons (Fsp3) is 0.346. The molecule has 1 aliphatic heterocycles. The summed E-state index contributed by atoms with van der Waals surface area (Å²) in [5.41, 5.74) is 4.07. The number of carbonyl (C=O) groups is 2. The Labute approximate surface area is 189 Å². The van der Waals surface area contributed by atoms with Crippen LogP contribution in [0.3, 0.4) is 0 Å². The summed E-state index contributed by atoms with van der Waals surface area (Å²) < 4.78 is 1.90. The van der Waals surface area contributed by atoms with Gasteiger partial charge in [-0.1, -0.05) is 48.5 Å². The lowest BCUT2D eigenvalue weighted by atomic mass is 10.0. The molecule has 6 heteroatoms. The first-order valence-electron chi connectivity index (χ1n) is 11.4. The summed E-state index contributed by atoms with van der Waals surface area (Å²) in [5, 5.41) is 7.68. The minimum absolute atomic E-state index is 0.0594. The normalized spacial score (nSPS) is 14.9. The lowest BCUT2D eigenvalue weighted by molar-refractivity contribution is -0.142. The molecule has 0 saturated carbocycles. The number of likely N-dealkylation sites (tertiary alicyclic amines) is 1. The number of nitrogens with zero attached hydrogens (tertiary/aromatic N) is 3. The zero-order valence-electron chi connectivity index (χ0n) is 18.5. The fourth-order valence-corrected chi connectivity index (χ4v) is 4.25. The van der Waals surface area contributed by atoms with Crippen molar-refractivity contribution in [3.63, 3.8) is 0 Å². The Kier molecular flexibility index (Phi) is 7.00. The smallest absolute Gasteiger partial charge is 0.247 e. The zero-order valence-corrected chi connectivity index (χ0v) is 18.5. The zero-order chi connectivity index (χ0) is 22.3. The molecule has 1 saturated heterocycles. The molecule has 3 aromatic rings. The Morgan fingerprint density at radius 1 is 1.06 bits per heavy atom. The molecule has 2 heterocycles. The van der Waals surface area contributed by atoms with E-state index in [9.17, 15) is 9.59 Å². The number of benzene rings is 2. The van der Waals surface area contributed by atoms with E-state index in [1.165, 1.54) is 5.56 Å². The van der Waals surface area contributed by atoms with Gasteiger partial charge in [-0.05, 0) is 55.9 Å². The third kappa shape index (κ3) is 5.07. The average molecular weight is 431 g/mol. The predicted molar refractivity (Wildman–Crippen MR) is 124 cm³/mol. The van der Waals surface area contributed by atoms with Crippen molar-refractivity contribution in [1.82, 2.24) is 20.0 Å². The summed E-state index contributed by atoms with van der Waals surface area (Å²) in [6.07, 6.45) is 6.05. The molecule has 166 valence electrons. The van der Waals surface area contributed by atoms with E-state index < -0.39 is 6.04 Å². The number of hydrogen-bond donors (Lipinski definition) is 1. The van der Waals surface area contributed by atoms with Gasteiger partial charge in [-0.25, -0.2) is 4.68 Å². The molecular weight excluding hydrogens is 400 g/mol. The first-order valence-corrected chi connectivity index (χ1v) is 11.4. The van der Waals surface area contributed by atoms with Crippen LogP contribution in [0.5, 0.6) is 0 Å². The van der Waals surface area contributed by atoms with Crippen LogP contribution in [0.4, 0.5) is 0 Å². The highest BCUT2D eigenvalue weighted by Crippen LogP contribution is 2.25. The average Bonchev–Trinajstić information content (AvgIpc) is 3.20. The van der Waals surface area contributed by atoms with Crippen LogP contribution < -0.4 is 5.32 Å². The van der Waals surface area contributed by atoms with Gasteiger partial charge in [0, 0.05) is 25.7 Å². The highest BCUT2D eigenvalue weighted by molar-refractivity contribution is 5.89. The Bertz CT molecular complexity index is 1050. The van der Waals surface area contributed by atoms with Crippen molar-refractivity contribution in [1.29, 1.82) is 0 Å². The summed E-state index contributed by atoms with van der Waals surface area (Å²) in [4.78, 5) is 27.4. The second-order valence-electron chi connectivity index (χ2n) is 8.27. The van der Waals surface area contributed by atoms with E-state index in [2.05, 4.69) is 16.6 Å². The van der Waals surface area contributed by atoms with E-state index >= 15 is 0 Å². The van der Waals surface area contributed by atoms with E-state index in [1.54, 1.807) is 4.90 Å². The number of carbonyl (C=O) groups excluding carboxylic acids is 2. The van der Waals surface area contributed by atoms with Gasteiger partial charge in [0.05, 0.1) is 11.4 Å². The fourth-order valence-electron chi connectivity index (χ4n) is 4.25. The maximum Gasteiger partial charge on any atom is 0.247 e. The van der Waals surface area contributed by atoms with Gasteiger partial charge in [0.15, 0.2) is 0 Å². The largest absolute Gasteiger partial charge is 0.354 e. The van der Waals surface area contributed by atoms with Crippen LogP contribution in [-0.2, 0) is 16.0 Å². The Morgan fingerprint density at radius 2 is 1.78 bits per heavy atom. The van der Waals surface area contributed by atoms with Crippen LogP contribution >= 0.6 is 0 Å². The molecule has 1 N–H and O–H groups in total. The number of nitrogens with one attached hydrogen (secondary N) is 1. The summed E-state index contributed by atoms with van der Waals surface area (Å²) >= 11 is 0. The maximum absolute atomic E-state index is 13.1. The number of hydrogen-bond acceptors (Lipinski definition) is 3. The molecule has 1 aromatic heterocycles. The van der Waals surface area contributed by atoms with Crippen molar-refractivity contribution in [2.24, 2.45) is 0 Å². The molecule has 6 nitrogen and oxygen atoms in total. The summed E-state index contributed by atoms with van der Waals surface area (Å²) in [6, 6.07) is 19.1. The summed E-state index contributed by atoms with van der Waals surface area (Å²) in [5.74, 6) is -0.0487. The summed E-state index contributed by atoms with van der Waals surface area (Å²) in [6.45, 7) is 3.20. The van der Waals surface area contributed by atoms with Crippen molar-refractivity contribution in [2.75, 3.05) is 13.1 Å². The van der Waals surface area contributed by atoms with Crippen LogP contribution in [0.15, 0.2) is 66.9 Å². The number of aromatic nitrogens is 2. The van der Waals surface area contributed by atoms with Crippen molar-refractivity contribution in [3.8, 4) is 5.69 Å². The van der Waals surface area contributed by atoms with Crippen molar-refractivity contribution < 1.29 is 9.59 Å². The quantitative estimate of drug-likeness (QED) is 0.550. The number of piperidine rings is 1. The van der Waals surface area contributed by atoms with Gasteiger partial charge in [-0.2, -0.15) is 5.10 Å². The van der Waals surface area contributed by atoms with Gasteiger partial charge >= 0.3 is 0 Å². The third-order valence-corrected chi connectivity index (χ3v) is 5.98. The Hall–Kier alpha value is -3.41. The second kappa shape index (κ2) is 10.3. The molecule has 0 bridgehead atoms. The minimum Gasteiger partial charge on any atom is -0.354 e. The predicted octanol–water partition coefficient (Wildman–Crippen LogP) is 3.98. The number of aryl methyl sites for hydroxylation is 2. The van der Waals surface area contributed by atoms with Gasteiger partial charge in [0.1, 0.15) is 6.04 Å². The number of para-hydroxylation sites is 1. The van der Waals surface area contributed by atoms with E-state index in [0.717, 1.165) is 42.6 Å². The van der Waals surface area contributed by atoms with Crippen molar-refractivity contribution in [2.45, 2.75) is 45.1 Å². The molecule has 1 fully saturated rings. The third-order valence-electron chi connectivity index (χ3n) is 5.98. The molecule has 1 unspecified atom stereocenters. The molecule has 32 heavy (non-hydrogen) atoms. The lowest BCUT2D eigenvalue weighted by Crippen LogP contribution is -2.46. The first kappa shape index (κ1) is 21.8. The Morgan fingerprint density at radius 3 is 2.50 bits per heavy atom. The van der Waals surface area contributed by atoms with Crippen LogP contribution in [-0.4, -0.2) is 39.6 Å². The van der Waals surface area contributed by atoms with E-state index in [4.69, 9.17) is 0 Å². The van der Waals surface area contributed by atoms with E-state index in [-0.39, 0.29) is 11.8 Å². The number of amides is 2. The van der Waals surface area contributed by atoms with Gasteiger partial charge in [-0.3, -0.25) is 9.59 Å². The molecule has 2 aromatic carbocycles. The minimum atomic E-state index is -0.563. The van der Waals surface area contributed by atoms with E-state index in [1.807, 2.05) is 72.3 Å². The first-order chi connectivity index (χ1) is 15.6.